The Morgan fingerprint density at radius 2 is 1.68 bits per heavy atom. The van der Waals surface area contributed by atoms with Crippen LogP contribution in [0.4, 0.5) is 11.4 Å². The highest BCUT2D eigenvalue weighted by molar-refractivity contribution is 7.92. The molecule has 0 radical (unpaired) electrons. The summed E-state index contributed by atoms with van der Waals surface area (Å²) in [6.45, 7) is -0.286. The maximum Gasteiger partial charge on any atom is 0.269 e. The monoisotopic (exact) mass is 542 g/mol. The number of hydrogen-bond acceptors (Lipinski definition) is 9. The fourth-order valence-corrected chi connectivity index (χ4v) is 4.11. The van der Waals surface area contributed by atoms with Gasteiger partial charge in [0.1, 0.15) is 30.4 Å². The van der Waals surface area contributed by atoms with Crippen molar-refractivity contribution in [2.75, 3.05) is 31.3 Å². The molecule has 0 heterocycles. The van der Waals surface area contributed by atoms with E-state index in [1.54, 1.807) is 42.5 Å². The lowest BCUT2D eigenvalue weighted by atomic mass is 10.2. The van der Waals surface area contributed by atoms with Crippen LogP contribution >= 0.6 is 0 Å². The Hall–Kier alpha value is -4.65. The Labute approximate surface area is 219 Å². The van der Waals surface area contributed by atoms with Gasteiger partial charge in [-0.2, -0.15) is 5.10 Å². The van der Waals surface area contributed by atoms with Crippen molar-refractivity contribution in [3.8, 4) is 17.2 Å². The van der Waals surface area contributed by atoms with Gasteiger partial charge >= 0.3 is 0 Å². The topological polar surface area (TPSA) is 150 Å². The molecule has 38 heavy (non-hydrogen) atoms. The highest BCUT2D eigenvalue weighted by atomic mass is 32.2. The van der Waals surface area contributed by atoms with E-state index in [0.29, 0.717) is 17.1 Å². The van der Waals surface area contributed by atoms with Gasteiger partial charge in [-0.3, -0.25) is 19.2 Å². The summed E-state index contributed by atoms with van der Waals surface area (Å²) in [5.41, 5.74) is 3.94. The quantitative estimate of drug-likeness (QED) is 0.208. The molecule has 3 aromatic rings. The van der Waals surface area contributed by atoms with Crippen LogP contribution in [0.1, 0.15) is 11.1 Å². The predicted octanol–water partition coefficient (Wildman–Crippen LogP) is 3.11. The van der Waals surface area contributed by atoms with E-state index >= 15 is 0 Å². The second kappa shape index (κ2) is 12.5. The SMILES string of the molecule is COc1ccc(N(CC(=O)N/N=C\c2ccc(OCc3ccc([N+](=O)[O-])cc3)cc2)S(C)(=O)=O)c(OC)c1. The van der Waals surface area contributed by atoms with Crippen molar-refractivity contribution in [2.45, 2.75) is 6.61 Å². The lowest BCUT2D eigenvalue weighted by molar-refractivity contribution is -0.384. The molecule has 13 heteroatoms. The van der Waals surface area contributed by atoms with Crippen LogP contribution in [0, 0.1) is 10.1 Å². The number of methoxy groups -OCH3 is 2. The zero-order valence-electron chi connectivity index (χ0n) is 20.9. The van der Waals surface area contributed by atoms with Crippen molar-refractivity contribution in [1.29, 1.82) is 0 Å². The summed E-state index contributed by atoms with van der Waals surface area (Å²) in [6.07, 6.45) is 2.38. The summed E-state index contributed by atoms with van der Waals surface area (Å²) in [5.74, 6) is 0.604. The Morgan fingerprint density at radius 1 is 1.03 bits per heavy atom. The van der Waals surface area contributed by atoms with Crippen LogP contribution in [-0.4, -0.2) is 52.5 Å². The molecule has 0 saturated heterocycles. The molecule has 3 aromatic carbocycles. The molecule has 0 aliphatic heterocycles. The third kappa shape index (κ3) is 7.67. The standard InChI is InChI=1S/C25H26N4O8S/c1-35-22-12-13-23(24(14-22)36-2)28(38(3,33)34)16-25(30)27-26-15-18-6-10-21(11-7-18)37-17-19-4-8-20(9-5-19)29(31)32/h4-15H,16-17H2,1-3H3,(H,27,30)/b26-15-. The number of hydrazone groups is 1. The number of nitro benzene ring substituents is 1. The van der Waals surface area contributed by atoms with Crippen LogP contribution in [0.25, 0.3) is 0 Å². The molecule has 0 atom stereocenters. The number of nitrogens with zero attached hydrogens (tertiary/aromatic N) is 3. The number of amides is 1. The normalized spacial score (nSPS) is 11.1. The van der Waals surface area contributed by atoms with Gasteiger partial charge in [0.25, 0.3) is 11.6 Å². The lowest BCUT2D eigenvalue weighted by Crippen LogP contribution is -2.39. The highest BCUT2D eigenvalue weighted by Crippen LogP contribution is 2.33. The summed E-state index contributed by atoms with van der Waals surface area (Å²) in [5, 5.41) is 14.6. The number of sulfonamides is 1. The fraction of sp³-hybridized carbons (Fsp3) is 0.200. The van der Waals surface area contributed by atoms with Crippen LogP contribution in [0.2, 0.25) is 0 Å². The van der Waals surface area contributed by atoms with Gasteiger partial charge in [0.05, 0.1) is 37.3 Å². The van der Waals surface area contributed by atoms with Crippen molar-refractivity contribution in [1.82, 2.24) is 5.43 Å². The molecule has 0 aliphatic carbocycles. The Balaban J connectivity index is 1.57. The average Bonchev–Trinajstić information content (AvgIpc) is 2.90. The van der Waals surface area contributed by atoms with Crippen molar-refractivity contribution in [2.24, 2.45) is 5.10 Å². The van der Waals surface area contributed by atoms with Crippen LogP contribution < -0.4 is 23.9 Å². The van der Waals surface area contributed by atoms with Gasteiger partial charge in [-0.25, -0.2) is 13.8 Å². The van der Waals surface area contributed by atoms with E-state index in [9.17, 15) is 23.3 Å². The summed E-state index contributed by atoms with van der Waals surface area (Å²) in [6, 6.07) is 17.5. The van der Waals surface area contributed by atoms with E-state index in [4.69, 9.17) is 14.2 Å². The number of carbonyl (C=O) groups is 1. The first-order chi connectivity index (χ1) is 18.1. The van der Waals surface area contributed by atoms with E-state index in [2.05, 4.69) is 10.5 Å². The minimum atomic E-state index is -3.82. The van der Waals surface area contributed by atoms with Crippen LogP contribution in [-0.2, 0) is 21.4 Å². The third-order valence-electron chi connectivity index (χ3n) is 5.18. The van der Waals surface area contributed by atoms with Gasteiger partial charge in [-0.05, 0) is 59.7 Å². The number of carbonyl (C=O) groups excluding carboxylic acids is 1. The number of nitro groups is 1. The molecule has 1 N–H and O–H groups in total. The minimum Gasteiger partial charge on any atom is -0.497 e. The first-order valence-electron chi connectivity index (χ1n) is 11.1. The molecular weight excluding hydrogens is 516 g/mol. The largest absolute Gasteiger partial charge is 0.497 e. The number of benzene rings is 3. The maximum atomic E-state index is 12.5. The average molecular weight is 543 g/mol. The number of non-ortho nitro benzene ring substituents is 1. The Morgan fingerprint density at radius 3 is 2.26 bits per heavy atom. The van der Waals surface area contributed by atoms with Crippen molar-refractivity contribution >= 4 is 33.5 Å². The molecule has 0 saturated carbocycles. The van der Waals surface area contributed by atoms with E-state index < -0.39 is 27.4 Å². The first kappa shape index (κ1) is 27.9. The molecule has 0 spiro atoms. The van der Waals surface area contributed by atoms with Crippen LogP contribution in [0.3, 0.4) is 0 Å². The third-order valence-corrected chi connectivity index (χ3v) is 6.31. The second-order valence-electron chi connectivity index (χ2n) is 7.88. The van der Waals surface area contributed by atoms with Crippen LogP contribution in [0.15, 0.2) is 71.8 Å². The van der Waals surface area contributed by atoms with E-state index in [1.165, 1.54) is 44.7 Å². The fourth-order valence-electron chi connectivity index (χ4n) is 3.25. The van der Waals surface area contributed by atoms with Crippen LogP contribution in [0.5, 0.6) is 17.2 Å². The highest BCUT2D eigenvalue weighted by Gasteiger charge is 2.24. The van der Waals surface area contributed by atoms with E-state index in [0.717, 1.165) is 16.1 Å². The zero-order valence-corrected chi connectivity index (χ0v) is 21.7. The summed E-state index contributed by atoms with van der Waals surface area (Å²) >= 11 is 0. The summed E-state index contributed by atoms with van der Waals surface area (Å²) in [4.78, 5) is 22.7. The summed E-state index contributed by atoms with van der Waals surface area (Å²) in [7, 11) is -0.970. The zero-order chi connectivity index (χ0) is 27.7. The number of anilines is 1. The second-order valence-corrected chi connectivity index (χ2v) is 9.79. The van der Waals surface area contributed by atoms with Crippen molar-refractivity contribution < 1.29 is 32.3 Å². The molecule has 0 aromatic heterocycles. The maximum absolute atomic E-state index is 12.5. The van der Waals surface area contributed by atoms with E-state index in [-0.39, 0.29) is 23.7 Å². The molecule has 0 bridgehead atoms. The smallest absolute Gasteiger partial charge is 0.269 e. The molecule has 12 nitrogen and oxygen atoms in total. The van der Waals surface area contributed by atoms with Crippen molar-refractivity contribution in [3.05, 3.63) is 88.0 Å². The molecule has 3 rings (SSSR count). The Kier molecular flexibility index (Phi) is 9.22. The molecular formula is C25H26N4O8S. The molecule has 0 unspecified atom stereocenters. The van der Waals surface area contributed by atoms with Gasteiger partial charge in [-0.15, -0.1) is 0 Å². The van der Waals surface area contributed by atoms with Gasteiger partial charge < -0.3 is 14.2 Å². The molecule has 200 valence electrons. The van der Waals surface area contributed by atoms with Gasteiger partial charge in [-0.1, -0.05) is 0 Å². The number of nitrogens with one attached hydrogen (secondary N) is 1. The number of ether oxygens (including phenoxy) is 3. The molecule has 0 aliphatic rings. The Bertz CT molecular complexity index is 1410. The van der Waals surface area contributed by atoms with E-state index in [1.807, 2.05) is 0 Å². The van der Waals surface area contributed by atoms with Gasteiger partial charge in [0.2, 0.25) is 10.0 Å². The number of hydrogen-bond donors (Lipinski definition) is 1. The van der Waals surface area contributed by atoms with Crippen molar-refractivity contribution in [3.63, 3.8) is 0 Å². The van der Waals surface area contributed by atoms with Gasteiger partial charge in [0.15, 0.2) is 0 Å². The molecule has 0 fully saturated rings. The first-order valence-corrected chi connectivity index (χ1v) is 12.9. The number of rotatable bonds is 12. The summed E-state index contributed by atoms with van der Waals surface area (Å²) < 4.78 is 41.8. The minimum absolute atomic E-state index is 0.00830. The van der Waals surface area contributed by atoms with Gasteiger partial charge in [0, 0.05) is 18.2 Å². The predicted molar refractivity (Wildman–Crippen MR) is 141 cm³/mol. The molecule has 1 amide bonds. The lowest BCUT2D eigenvalue weighted by Gasteiger charge is -2.23.